The first kappa shape index (κ1) is 13.9. The molecule has 4 nitrogen and oxygen atoms in total. The molecule has 0 saturated carbocycles. The van der Waals surface area contributed by atoms with E-state index in [4.69, 9.17) is 14.6 Å². The summed E-state index contributed by atoms with van der Waals surface area (Å²) in [4.78, 5) is 11.9. The first-order valence-corrected chi connectivity index (χ1v) is 6.99. The Kier molecular flexibility index (Phi) is 4.44. The summed E-state index contributed by atoms with van der Waals surface area (Å²) >= 11 is 4.60. The molecular weight excluding hydrogens is 332 g/mol. The van der Waals surface area contributed by atoms with Gasteiger partial charge in [-0.1, -0.05) is 0 Å². The van der Waals surface area contributed by atoms with Gasteiger partial charge in [-0.05, 0) is 46.3 Å². The molecule has 100 valence electrons. The molecule has 0 unspecified atom stereocenters. The molecule has 0 saturated heterocycles. The van der Waals surface area contributed by atoms with Crippen LogP contribution in [0.25, 0.3) is 0 Å². The number of rotatable bonds is 5. The zero-order chi connectivity index (χ0) is 13.8. The van der Waals surface area contributed by atoms with E-state index >= 15 is 0 Å². The molecule has 0 amide bonds. The van der Waals surface area contributed by atoms with Gasteiger partial charge in [0.25, 0.3) is 0 Å². The summed E-state index contributed by atoms with van der Waals surface area (Å²) in [5, 5.41) is 8.83. The quantitative estimate of drug-likeness (QED) is 0.897. The molecule has 1 N–H and O–H groups in total. The molecule has 1 aromatic carbocycles. The lowest BCUT2D eigenvalue weighted by atomic mass is 10.3. The zero-order valence-corrected chi connectivity index (χ0v) is 12.5. The number of aromatic carboxylic acids is 1. The first-order valence-electron chi connectivity index (χ1n) is 5.38. The van der Waals surface area contributed by atoms with Gasteiger partial charge < -0.3 is 14.6 Å². The summed E-state index contributed by atoms with van der Waals surface area (Å²) < 4.78 is 11.5. The number of carboxylic acids is 1. The van der Waals surface area contributed by atoms with Crippen molar-refractivity contribution in [2.75, 3.05) is 7.11 Å². The van der Waals surface area contributed by atoms with Gasteiger partial charge in [-0.15, -0.1) is 11.3 Å². The van der Waals surface area contributed by atoms with E-state index in [1.807, 2.05) is 6.07 Å². The van der Waals surface area contributed by atoms with Crippen molar-refractivity contribution in [2.24, 2.45) is 0 Å². The maximum atomic E-state index is 10.8. The standard InChI is InChI=1S/C13H11BrO4S/c1-17-8-2-4-11(10(14)6-8)18-7-9-3-5-12(19-9)13(15)16/h2-6H,7H2,1H3,(H,15,16). The average Bonchev–Trinajstić information content (AvgIpc) is 2.86. The minimum absolute atomic E-state index is 0.312. The number of methoxy groups -OCH3 is 1. The van der Waals surface area contributed by atoms with Crippen LogP contribution in [0.4, 0.5) is 0 Å². The number of carboxylic acid groups (broad SMARTS) is 1. The van der Waals surface area contributed by atoms with Crippen molar-refractivity contribution in [2.45, 2.75) is 6.61 Å². The highest BCUT2D eigenvalue weighted by molar-refractivity contribution is 9.10. The summed E-state index contributed by atoms with van der Waals surface area (Å²) in [7, 11) is 1.60. The molecule has 2 rings (SSSR count). The SMILES string of the molecule is COc1ccc(OCc2ccc(C(=O)O)s2)c(Br)c1. The van der Waals surface area contributed by atoms with Gasteiger partial charge >= 0.3 is 5.97 Å². The van der Waals surface area contributed by atoms with Crippen molar-refractivity contribution < 1.29 is 19.4 Å². The molecule has 1 aromatic heterocycles. The van der Waals surface area contributed by atoms with E-state index in [-0.39, 0.29) is 0 Å². The summed E-state index contributed by atoms with van der Waals surface area (Å²) in [6, 6.07) is 8.75. The van der Waals surface area contributed by atoms with Gasteiger partial charge in [-0.3, -0.25) is 0 Å². The van der Waals surface area contributed by atoms with E-state index in [2.05, 4.69) is 15.9 Å². The maximum absolute atomic E-state index is 10.8. The third kappa shape index (κ3) is 3.48. The topological polar surface area (TPSA) is 55.8 Å². The Labute approximate surface area is 122 Å². The number of hydrogen-bond donors (Lipinski definition) is 1. The Balaban J connectivity index is 2.03. The molecule has 0 atom stereocenters. The van der Waals surface area contributed by atoms with Gasteiger partial charge in [0.2, 0.25) is 0 Å². The first-order chi connectivity index (χ1) is 9.10. The van der Waals surface area contributed by atoms with Gasteiger partial charge in [0.05, 0.1) is 11.6 Å². The molecule has 0 aliphatic carbocycles. The molecule has 0 aliphatic heterocycles. The Morgan fingerprint density at radius 3 is 2.74 bits per heavy atom. The van der Waals surface area contributed by atoms with Crippen molar-refractivity contribution in [3.8, 4) is 11.5 Å². The molecule has 0 aliphatic rings. The van der Waals surface area contributed by atoms with E-state index in [0.717, 1.165) is 15.1 Å². The molecule has 2 aromatic rings. The number of benzene rings is 1. The monoisotopic (exact) mass is 342 g/mol. The molecule has 0 fully saturated rings. The minimum atomic E-state index is -0.915. The van der Waals surface area contributed by atoms with E-state index < -0.39 is 5.97 Å². The molecule has 0 bridgehead atoms. The summed E-state index contributed by atoms with van der Waals surface area (Å²) in [6.45, 7) is 0.336. The van der Waals surface area contributed by atoms with Crippen LogP contribution in [-0.4, -0.2) is 18.2 Å². The van der Waals surface area contributed by atoms with Crippen LogP contribution in [0, 0.1) is 0 Å². The highest BCUT2D eigenvalue weighted by atomic mass is 79.9. The van der Waals surface area contributed by atoms with E-state index in [9.17, 15) is 4.79 Å². The fourth-order valence-corrected chi connectivity index (χ4v) is 2.68. The number of halogens is 1. The molecular formula is C13H11BrO4S. The Morgan fingerprint density at radius 1 is 1.37 bits per heavy atom. The van der Waals surface area contributed by atoms with E-state index in [1.54, 1.807) is 31.4 Å². The van der Waals surface area contributed by atoms with Crippen molar-refractivity contribution in [3.05, 3.63) is 44.6 Å². The second kappa shape index (κ2) is 6.08. The second-order valence-corrected chi connectivity index (χ2v) is 5.68. The van der Waals surface area contributed by atoms with Crippen molar-refractivity contribution in [1.82, 2.24) is 0 Å². The third-order valence-electron chi connectivity index (χ3n) is 2.38. The minimum Gasteiger partial charge on any atom is -0.497 e. The number of ether oxygens (including phenoxy) is 2. The fourth-order valence-electron chi connectivity index (χ4n) is 1.44. The average molecular weight is 343 g/mol. The summed E-state index contributed by atoms with van der Waals surface area (Å²) in [6.07, 6.45) is 0. The summed E-state index contributed by atoms with van der Waals surface area (Å²) in [5.74, 6) is 0.511. The van der Waals surface area contributed by atoms with Gasteiger partial charge in [0.1, 0.15) is 23.0 Å². The van der Waals surface area contributed by atoms with Crippen LogP contribution in [0.1, 0.15) is 14.5 Å². The van der Waals surface area contributed by atoms with Gasteiger partial charge in [-0.25, -0.2) is 4.79 Å². The molecule has 19 heavy (non-hydrogen) atoms. The number of carbonyl (C=O) groups is 1. The third-order valence-corrected chi connectivity index (χ3v) is 4.05. The van der Waals surface area contributed by atoms with E-state index in [1.165, 1.54) is 11.3 Å². The number of hydrogen-bond acceptors (Lipinski definition) is 4. The predicted octanol–water partition coefficient (Wildman–Crippen LogP) is 3.80. The van der Waals surface area contributed by atoms with Crippen molar-refractivity contribution in [1.29, 1.82) is 0 Å². The number of thiophene rings is 1. The van der Waals surface area contributed by atoms with Crippen LogP contribution in [-0.2, 0) is 6.61 Å². The summed E-state index contributed by atoms with van der Waals surface area (Å²) in [5.41, 5.74) is 0. The molecule has 1 heterocycles. The van der Waals surface area contributed by atoms with Gasteiger partial charge in [0, 0.05) is 4.88 Å². The lowest BCUT2D eigenvalue weighted by molar-refractivity contribution is 0.0702. The van der Waals surface area contributed by atoms with Gasteiger partial charge in [0.15, 0.2) is 0 Å². The predicted molar refractivity (Wildman–Crippen MR) is 76.3 cm³/mol. The Morgan fingerprint density at radius 2 is 2.16 bits per heavy atom. The smallest absolute Gasteiger partial charge is 0.345 e. The Hall–Kier alpha value is -1.53. The van der Waals surface area contributed by atoms with Crippen molar-refractivity contribution >= 4 is 33.2 Å². The van der Waals surface area contributed by atoms with Crippen LogP contribution in [0.5, 0.6) is 11.5 Å². The second-order valence-electron chi connectivity index (χ2n) is 3.66. The molecule has 6 heteroatoms. The van der Waals surface area contributed by atoms with Crippen LogP contribution < -0.4 is 9.47 Å². The fraction of sp³-hybridized carbons (Fsp3) is 0.154. The normalized spacial score (nSPS) is 10.2. The largest absolute Gasteiger partial charge is 0.497 e. The van der Waals surface area contributed by atoms with Crippen LogP contribution >= 0.6 is 27.3 Å². The zero-order valence-electron chi connectivity index (χ0n) is 10.1. The van der Waals surface area contributed by atoms with Crippen LogP contribution in [0.3, 0.4) is 0 Å². The lowest BCUT2D eigenvalue weighted by Gasteiger charge is -2.08. The molecule has 0 radical (unpaired) electrons. The van der Waals surface area contributed by atoms with Crippen LogP contribution in [0.2, 0.25) is 0 Å². The highest BCUT2D eigenvalue weighted by Gasteiger charge is 2.08. The van der Waals surface area contributed by atoms with Crippen molar-refractivity contribution in [3.63, 3.8) is 0 Å². The highest BCUT2D eigenvalue weighted by Crippen LogP contribution is 2.30. The van der Waals surface area contributed by atoms with Crippen LogP contribution in [0.15, 0.2) is 34.8 Å². The lowest BCUT2D eigenvalue weighted by Crippen LogP contribution is -1.94. The van der Waals surface area contributed by atoms with Gasteiger partial charge in [-0.2, -0.15) is 0 Å². The molecule has 0 spiro atoms. The maximum Gasteiger partial charge on any atom is 0.345 e. The van der Waals surface area contributed by atoms with E-state index in [0.29, 0.717) is 17.2 Å². The Bertz CT molecular complexity index is 594.